The summed E-state index contributed by atoms with van der Waals surface area (Å²) in [5.74, 6) is 0. The highest BCUT2D eigenvalue weighted by Crippen LogP contribution is 2.30. The van der Waals surface area contributed by atoms with Crippen molar-refractivity contribution in [3.63, 3.8) is 0 Å². The van der Waals surface area contributed by atoms with Gasteiger partial charge in [-0.05, 0) is 60.6 Å². The summed E-state index contributed by atoms with van der Waals surface area (Å²) < 4.78 is 5.76. The summed E-state index contributed by atoms with van der Waals surface area (Å²) in [7, 11) is 0. The molecule has 0 aliphatic heterocycles. The molecule has 1 aromatic heterocycles. The molecule has 2 heteroatoms. The standard InChI is InChI=1S/C23H27ClO/c1-3-5-9-17-13-20(24)14-18(10-6-4-2)22(17)15-19-16-25-23-12-8-7-11-21(19)23/h7-8,11-14,16H,3-6,9-10,15H2,1-2H3. The van der Waals surface area contributed by atoms with Crippen LogP contribution in [0.5, 0.6) is 0 Å². The molecule has 0 atom stereocenters. The van der Waals surface area contributed by atoms with E-state index in [0.717, 1.165) is 29.9 Å². The van der Waals surface area contributed by atoms with Gasteiger partial charge in [-0.25, -0.2) is 0 Å². The van der Waals surface area contributed by atoms with Gasteiger partial charge in [-0.1, -0.05) is 56.5 Å². The van der Waals surface area contributed by atoms with Crippen LogP contribution >= 0.6 is 11.6 Å². The SMILES string of the molecule is CCCCc1cc(Cl)cc(CCCC)c1Cc1coc2ccccc12. The molecule has 0 fully saturated rings. The van der Waals surface area contributed by atoms with Gasteiger partial charge in [0.2, 0.25) is 0 Å². The minimum absolute atomic E-state index is 0.873. The minimum atomic E-state index is 0.873. The zero-order valence-electron chi connectivity index (χ0n) is 15.3. The van der Waals surface area contributed by atoms with E-state index in [1.165, 1.54) is 53.3 Å². The molecule has 25 heavy (non-hydrogen) atoms. The summed E-state index contributed by atoms with van der Waals surface area (Å²) >= 11 is 6.44. The first-order valence-electron chi connectivity index (χ1n) is 9.48. The van der Waals surface area contributed by atoms with Gasteiger partial charge < -0.3 is 4.42 Å². The number of benzene rings is 2. The van der Waals surface area contributed by atoms with Gasteiger partial charge >= 0.3 is 0 Å². The Labute approximate surface area is 156 Å². The van der Waals surface area contributed by atoms with Crippen LogP contribution in [0, 0.1) is 0 Å². The van der Waals surface area contributed by atoms with Crippen LogP contribution in [0.2, 0.25) is 5.02 Å². The number of rotatable bonds is 8. The molecule has 3 rings (SSSR count). The van der Waals surface area contributed by atoms with E-state index in [0.29, 0.717) is 0 Å². The maximum absolute atomic E-state index is 6.44. The minimum Gasteiger partial charge on any atom is -0.464 e. The number of aryl methyl sites for hydroxylation is 2. The molecule has 0 bridgehead atoms. The maximum atomic E-state index is 6.44. The monoisotopic (exact) mass is 354 g/mol. The number of para-hydroxylation sites is 1. The van der Waals surface area contributed by atoms with Crippen molar-refractivity contribution in [1.82, 2.24) is 0 Å². The molecule has 0 amide bonds. The molecule has 0 saturated heterocycles. The van der Waals surface area contributed by atoms with Crippen LogP contribution in [0.1, 0.15) is 61.8 Å². The first-order chi connectivity index (χ1) is 12.2. The lowest BCUT2D eigenvalue weighted by Crippen LogP contribution is -2.02. The lowest BCUT2D eigenvalue weighted by Gasteiger charge is -2.16. The normalized spacial score (nSPS) is 11.3. The van der Waals surface area contributed by atoms with Gasteiger partial charge in [-0.15, -0.1) is 0 Å². The Morgan fingerprint density at radius 3 is 2.16 bits per heavy atom. The third-order valence-electron chi connectivity index (χ3n) is 4.93. The largest absolute Gasteiger partial charge is 0.464 e. The average molecular weight is 355 g/mol. The molecular weight excluding hydrogens is 328 g/mol. The summed E-state index contributed by atoms with van der Waals surface area (Å²) in [4.78, 5) is 0. The Kier molecular flexibility index (Phi) is 6.20. The fourth-order valence-corrected chi connectivity index (χ4v) is 3.79. The van der Waals surface area contributed by atoms with E-state index in [2.05, 4.69) is 38.1 Å². The fourth-order valence-electron chi connectivity index (χ4n) is 3.52. The summed E-state index contributed by atoms with van der Waals surface area (Å²) in [6.07, 6.45) is 9.84. The van der Waals surface area contributed by atoms with Gasteiger partial charge in [0.05, 0.1) is 6.26 Å². The molecule has 0 aliphatic carbocycles. The zero-order valence-corrected chi connectivity index (χ0v) is 16.0. The molecule has 0 saturated carbocycles. The molecule has 3 aromatic rings. The van der Waals surface area contributed by atoms with E-state index < -0.39 is 0 Å². The Morgan fingerprint density at radius 2 is 1.52 bits per heavy atom. The second-order valence-electron chi connectivity index (χ2n) is 6.84. The van der Waals surface area contributed by atoms with E-state index in [-0.39, 0.29) is 0 Å². The highest BCUT2D eigenvalue weighted by molar-refractivity contribution is 6.30. The number of halogens is 1. The van der Waals surface area contributed by atoms with Crippen LogP contribution in [0.25, 0.3) is 11.0 Å². The van der Waals surface area contributed by atoms with E-state index in [1.54, 1.807) is 0 Å². The topological polar surface area (TPSA) is 13.1 Å². The summed E-state index contributed by atoms with van der Waals surface area (Å²) in [5.41, 5.74) is 6.51. The highest BCUT2D eigenvalue weighted by Gasteiger charge is 2.14. The van der Waals surface area contributed by atoms with Crippen molar-refractivity contribution in [2.24, 2.45) is 0 Å². The van der Waals surface area contributed by atoms with Gasteiger partial charge in [0.15, 0.2) is 0 Å². The molecule has 0 radical (unpaired) electrons. The molecule has 0 spiro atoms. The molecule has 0 N–H and O–H groups in total. The number of fused-ring (bicyclic) bond motifs is 1. The van der Waals surface area contributed by atoms with Gasteiger partial charge in [-0.2, -0.15) is 0 Å². The molecule has 1 nitrogen and oxygen atoms in total. The van der Waals surface area contributed by atoms with E-state index in [1.807, 2.05) is 18.4 Å². The van der Waals surface area contributed by atoms with E-state index in [9.17, 15) is 0 Å². The lowest BCUT2D eigenvalue weighted by molar-refractivity contribution is 0.611. The van der Waals surface area contributed by atoms with Gasteiger partial charge in [0, 0.05) is 22.4 Å². The predicted octanol–water partition coefficient (Wildman–Crippen LogP) is 7.36. The first-order valence-corrected chi connectivity index (χ1v) is 9.86. The first kappa shape index (κ1) is 18.1. The lowest BCUT2D eigenvalue weighted by atomic mass is 9.90. The van der Waals surface area contributed by atoms with Gasteiger partial charge in [-0.3, -0.25) is 0 Å². The Morgan fingerprint density at radius 1 is 0.880 bits per heavy atom. The molecule has 132 valence electrons. The van der Waals surface area contributed by atoms with Crippen molar-refractivity contribution >= 4 is 22.6 Å². The third-order valence-corrected chi connectivity index (χ3v) is 5.15. The number of unbranched alkanes of at least 4 members (excludes halogenated alkanes) is 2. The maximum Gasteiger partial charge on any atom is 0.134 e. The Bertz CT molecular complexity index is 802. The van der Waals surface area contributed by atoms with Gasteiger partial charge in [0.25, 0.3) is 0 Å². The highest BCUT2D eigenvalue weighted by atomic mass is 35.5. The Hall–Kier alpha value is -1.73. The van der Waals surface area contributed by atoms with Crippen molar-refractivity contribution < 1.29 is 4.42 Å². The number of hydrogen-bond donors (Lipinski definition) is 0. The zero-order chi connectivity index (χ0) is 17.6. The summed E-state index contributed by atoms with van der Waals surface area (Å²) in [6.45, 7) is 4.48. The smallest absolute Gasteiger partial charge is 0.134 e. The van der Waals surface area contributed by atoms with Crippen LogP contribution in [0.3, 0.4) is 0 Å². The van der Waals surface area contributed by atoms with Crippen molar-refractivity contribution in [3.05, 3.63) is 69.9 Å². The molecule has 2 aromatic carbocycles. The van der Waals surface area contributed by atoms with Crippen molar-refractivity contribution in [3.8, 4) is 0 Å². The number of hydrogen-bond acceptors (Lipinski definition) is 1. The fraction of sp³-hybridized carbons (Fsp3) is 0.391. The molecular formula is C23H27ClO. The second kappa shape index (κ2) is 8.58. The quantitative estimate of drug-likeness (QED) is 0.411. The van der Waals surface area contributed by atoms with Crippen LogP contribution < -0.4 is 0 Å². The van der Waals surface area contributed by atoms with Crippen molar-refractivity contribution in [2.45, 2.75) is 58.8 Å². The summed E-state index contributed by atoms with van der Waals surface area (Å²) in [6, 6.07) is 12.6. The Balaban J connectivity index is 2.01. The molecule has 1 heterocycles. The van der Waals surface area contributed by atoms with Crippen molar-refractivity contribution in [2.75, 3.05) is 0 Å². The van der Waals surface area contributed by atoms with Gasteiger partial charge in [0.1, 0.15) is 5.58 Å². The molecule has 0 aliphatic rings. The van der Waals surface area contributed by atoms with Crippen LogP contribution in [0.4, 0.5) is 0 Å². The van der Waals surface area contributed by atoms with Crippen LogP contribution in [-0.4, -0.2) is 0 Å². The number of furan rings is 1. The predicted molar refractivity (Wildman–Crippen MR) is 108 cm³/mol. The van der Waals surface area contributed by atoms with E-state index in [4.69, 9.17) is 16.0 Å². The van der Waals surface area contributed by atoms with Crippen LogP contribution in [0.15, 0.2) is 47.1 Å². The summed E-state index contributed by atoms with van der Waals surface area (Å²) in [5, 5.41) is 2.10. The second-order valence-corrected chi connectivity index (χ2v) is 7.28. The third kappa shape index (κ3) is 4.27. The van der Waals surface area contributed by atoms with Crippen molar-refractivity contribution in [1.29, 1.82) is 0 Å². The van der Waals surface area contributed by atoms with Crippen LogP contribution in [-0.2, 0) is 19.3 Å². The molecule has 0 unspecified atom stereocenters. The van der Waals surface area contributed by atoms with E-state index >= 15 is 0 Å². The average Bonchev–Trinajstić information content (AvgIpc) is 3.03.